The smallest absolute Gasteiger partial charge is 0.123 e. The fraction of sp³-hybridized carbons (Fsp3) is 0.400. The van der Waals surface area contributed by atoms with Crippen molar-refractivity contribution in [3.8, 4) is 0 Å². The molecule has 0 bridgehead atoms. The predicted molar refractivity (Wildman–Crippen MR) is 72.2 cm³/mol. The first-order valence-electron chi connectivity index (χ1n) is 6.61. The topological polar surface area (TPSA) is 38.0 Å². The molecule has 19 heavy (non-hydrogen) atoms. The van der Waals surface area contributed by atoms with E-state index >= 15 is 0 Å². The highest BCUT2D eigenvalue weighted by atomic mass is 19.1. The van der Waals surface area contributed by atoms with Crippen LogP contribution in [-0.2, 0) is 12.1 Å². The Bertz CT molecular complexity index is 553. The van der Waals surface area contributed by atoms with Gasteiger partial charge in [0.2, 0.25) is 0 Å². The van der Waals surface area contributed by atoms with Crippen molar-refractivity contribution in [1.29, 1.82) is 0 Å². The van der Waals surface area contributed by atoms with Gasteiger partial charge in [-0.25, -0.2) is 4.39 Å². The van der Waals surface area contributed by atoms with E-state index in [2.05, 4.69) is 12.0 Å². The Morgan fingerprint density at radius 3 is 2.74 bits per heavy atom. The number of halogens is 1. The lowest BCUT2D eigenvalue weighted by Gasteiger charge is -2.26. The molecule has 0 aliphatic heterocycles. The first-order chi connectivity index (χ1) is 9.10. The number of hydrogen-bond donors (Lipinski definition) is 1. The number of aromatic nitrogens is 2. The lowest BCUT2D eigenvalue weighted by atomic mass is 9.86. The minimum atomic E-state index is -1.19. The van der Waals surface area contributed by atoms with Gasteiger partial charge in [0, 0.05) is 18.3 Å². The number of hydrogen-bond acceptors (Lipinski definition) is 2. The van der Waals surface area contributed by atoms with E-state index in [1.165, 1.54) is 12.1 Å². The Labute approximate surface area is 112 Å². The molecule has 0 radical (unpaired) electrons. The van der Waals surface area contributed by atoms with Crippen LogP contribution >= 0.6 is 0 Å². The van der Waals surface area contributed by atoms with Crippen LogP contribution in [0.2, 0.25) is 0 Å². The molecule has 1 atom stereocenters. The lowest BCUT2D eigenvalue weighted by molar-refractivity contribution is 0.0761. The largest absolute Gasteiger partial charge is 0.380 e. The number of rotatable bonds is 5. The number of benzene rings is 1. The van der Waals surface area contributed by atoms with Gasteiger partial charge in [-0.1, -0.05) is 26.0 Å². The summed E-state index contributed by atoms with van der Waals surface area (Å²) >= 11 is 0. The summed E-state index contributed by atoms with van der Waals surface area (Å²) < 4.78 is 15.1. The van der Waals surface area contributed by atoms with Gasteiger partial charge in [-0.05, 0) is 30.5 Å². The minimum absolute atomic E-state index is 0.342. The van der Waals surface area contributed by atoms with Gasteiger partial charge in [0.25, 0.3) is 0 Å². The van der Waals surface area contributed by atoms with E-state index in [9.17, 15) is 9.50 Å². The second kappa shape index (κ2) is 5.53. The molecule has 2 aromatic rings. The van der Waals surface area contributed by atoms with Crippen molar-refractivity contribution in [2.24, 2.45) is 0 Å². The quantitative estimate of drug-likeness (QED) is 0.899. The van der Waals surface area contributed by atoms with E-state index in [1.54, 1.807) is 23.0 Å². The highest BCUT2D eigenvalue weighted by Crippen LogP contribution is 2.32. The van der Waals surface area contributed by atoms with Crippen LogP contribution in [0.1, 0.15) is 37.8 Å². The molecule has 0 saturated heterocycles. The second-order valence-electron chi connectivity index (χ2n) is 4.72. The van der Waals surface area contributed by atoms with Gasteiger partial charge in [0.05, 0.1) is 6.20 Å². The maximum Gasteiger partial charge on any atom is 0.123 e. The van der Waals surface area contributed by atoms with Gasteiger partial charge in [-0.15, -0.1) is 0 Å². The fourth-order valence-electron chi connectivity index (χ4n) is 2.25. The van der Waals surface area contributed by atoms with E-state index in [-0.39, 0.29) is 5.82 Å². The van der Waals surface area contributed by atoms with E-state index in [0.29, 0.717) is 17.5 Å². The minimum Gasteiger partial charge on any atom is -0.380 e. The number of aliphatic hydroxyl groups is 1. The Morgan fingerprint density at radius 2 is 2.11 bits per heavy atom. The highest BCUT2D eigenvalue weighted by Gasteiger charge is 2.31. The molecule has 1 N–H and O–H groups in total. The standard InChI is InChI=1S/C15H19FN2O/c1-3-8-18-11-13(10-17-18)15(19,4-2)12-6-5-7-14(16)9-12/h5-7,9-11,19H,3-4,8H2,1-2H3. The zero-order valence-electron chi connectivity index (χ0n) is 11.3. The first kappa shape index (κ1) is 13.7. The summed E-state index contributed by atoms with van der Waals surface area (Å²) in [6.45, 7) is 4.75. The molecule has 1 unspecified atom stereocenters. The van der Waals surface area contributed by atoms with Gasteiger partial charge in [-0.3, -0.25) is 4.68 Å². The summed E-state index contributed by atoms with van der Waals surface area (Å²) in [5.74, 6) is -0.342. The lowest BCUT2D eigenvalue weighted by Crippen LogP contribution is -2.26. The third-order valence-electron chi connectivity index (χ3n) is 3.38. The summed E-state index contributed by atoms with van der Waals surface area (Å²) in [5, 5.41) is 15.1. The molecule has 4 heteroatoms. The third kappa shape index (κ3) is 2.68. The van der Waals surface area contributed by atoms with Gasteiger partial charge >= 0.3 is 0 Å². The van der Waals surface area contributed by atoms with Crippen molar-refractivity contribution in [3.63, 3.8) is 0 Å². The molecule has 1 aromatic heterocycles. The van der Waals surface area contributed by atoms with Gasteiger partial charge in [0.15, 0.2) is 0 Å². The fourth-order valence-corrected chi connectivity index (χ4v) is 2.25. The maximum absolute atomic E-state index is 13.3. The third-order valence-corrected chi connectivity index (χ3v) is 3.38. The van der Waals surface area contributed by atoms with Gasteiger partial charge < -0.3 is 5.11 Å². The molecule has 0 fully saturated rings. The zero-order valence-corrected chi connectivity index (χ0v) is 11.3. The van der Waals surface area contributed by atoms with Crippen LogP contribution < -0.4 is 0 Å². The molecule has 0 amide bonds. The van der Waals surface area contributed by atoms with Crippen LogP contribution in [0.4, 0.5) is 4.39 Å². The maximum atomic E-state index is 13.3. The van der Waals surface area contributed by atoms with Crippen LogP contribution in [0.15, 0.2) is 36.7 Å². The van der Waals surface area contributed by atoms with Gasteiger partial charge in [0.1, 0.15) is 11.4 Å². The molecule has 0 spiro atoms. The zero-order chi connectivity index (χ0) is 13.9. The number of nitrogens with zero attached hydrogens (tertiary/aromatic N) is 2. The second-order valence-corrected chi connectivity index (χ2v) is 4.72. The molecule has 1 aromatic carbocycles. The molecule has 2 rings (SSSR count). The van der Waals surface area contributed by atoms with Crippen LogP contribution in [0, 0.1) is 5.82 Å². The summed E-state index contributed by atoms with van der Waals surface area (Å²) in [6.07, 6.45) is 4.93. The molecule has 0 saturated carbocycles. The number of aryl methyl sites for hydroxylation is 1. The molecule has 0 aliphatic carbocycles. The summed E-state index contributed by atoms with van der Waals surface area (Å²) in [6, 6.07) is 6.10. The van der Waals surface area contributed by atoms with Crippen molar-refractivity contribution in [2.75, 3.05) is 0 Å². The van der Waals surface area contributed by atoms with Crippen molar-refractivity contribution in [2.45, 2.75) is 38.8 Å². The van der Waals surface area contributed by atoms with E-state index < -0.39 is 5.60 Å². The average molecular weight is 262 g/mol. The van der Waals surface area contributed by atoms with E-state index in [4.69, 9.17) is 0 Å². The Kier molecular flexibility index (Phi) is 4.00. The van der Waals surface area contributed by atoms with Gasteiger partial charge in [-0.2, -0.15) is 5.10 Å². The molecule has 102 valence electrons. The highest BCUT2D eigenvalue weighted by molar-refractivity contribution is 5.33. The molecule has 1 heterocycles. The summed E-state index contributed by atoms with van der Waals surface area (Å²) in [7, 11) is 0. The monoisotopic (exact) mass is 262 g/mol. The van der Waals surface area contributed by atoms with Crippen molar-refractivity contribution >= 4 is 0 Å². The SMILES string of the molecule is CCCn1cc(C(O)(CC)c2cccc(F)c2)cn1. The predicted octanol–water partition coefficient (Wildman–Crippen LogP) is 3.08. The molecule has 0 aliphatic rings. The van der Waals surface area contributed by atoms with Crippen LogP contribution in [0.5, 0.6) is 0 Å². The first-order valence-corrected chi connectivity index (χ1v) is 6.61. The summed E-state index contributed by atoms with van der Waals surface area (Å²) in [4.78, 5) is 0. The normalized spacial score (nSPS) is 14.3. The van der Waals surface area contributed by atoms with E-state index in [0.717, 1.165) is 13.0 Å². The van der Waals surface area contributed by atoms with Crippen LogP contribution in [0.25, 0.3) is 0 Å². The summed E-state index contributed by atoms with van der Waals surface area (Å²) in [5.41, 5.74) is 0.0776. The molecular weight excluding hydrogens is 243 g/mol. The van der Waals surface area contributed by atoms with Crippen molar-refractivity contribution in [3.05, 3.63) is 53.6 Å². The van der Waals surface area contributed by atoms with E-state index in [1.807, 2.05) is 13.1 Å². The Morgan fingerprint density at radius 1 is 1.32 bits per heavy atom. The molecular formula is C15H19FN2O. The molecule has 3 nitrogen and oxygen atoms in total. The van der Waals surface area contributed by atoms with Crippen LogP contribution in [-0.4, -0.2) is 14.9 Å². The Balaban J connectivity index is 2.40. The Hall–Kier alpha value is -1.68. The van der Waals surface area contributed by atoms with Crippen LogP contribution in [0.3, 0.4) is 0 Å². The van der Waals surface area contributed by atoms with Crippen molar-refractivity contribution in [1.82, 2.24) is 9.78 Å². The van der Waals surface area contributed by atoms with Crippen molar-refractivity contribution < 1.29 is 9.50 Å². The average Bonchev–Trinajstić information content (AvgIpc) is 2.87.